The number of alkyl halides is 6. The minimum atomic E-state index is -5.86. The zero-order chi connectivity index (χ0) is 38.9. The minimum Gasteiger partial charge on any atom is -0.487 e. The van der Waals surface area contributed by atoms with Crippen LogP contribution < -0.4 is 17.8 Å². The standard InChI is InChI=1S/C35H30F6N2O8S2/c1-32(2)29(19-5-11-23(12-6-19)50-52(44,45)34(36,37)38)25-17-21(9-15-27(25)48-32)31(43-42)22-10-16-28-26(18-22)30(33(3,4)49-28)20-7-13-24(14-8-20)51-53(46,47)35(39,40)41/h5-18,29-31,42H,1-4H3. The molecule has 53 heavy (non-hydrogen) atoms. The Labute approximate surface area is 300 Å². The molecule has 2 atom stereocenters. The summed E-state index contributed by atoms with van der Waals surface area (Å²) in [5.41, 5.74) is -0.960. The lowest BCUT2D eigenvalue weighted by Crippen LogP contribution is -2.31. The van der Waals surface area contributed by atoms with E-state index in [4.69, 9.17) is 15.0 Å². The molecule has 2 heterocycles. The molecule has 0 aliphatic carbocycles. The van der Waals surface area contributed by atoms with Crippen LogP contribution >= 0.6 is 0 Å². The summed E-state index contributed by atoms with van der Waals surface area (Å²) < 4.78 is 144. The summed E-state index contributed by atoms with van der Waals surface area (Å²) >= 11 is 0. The van der Waals surface area contributed by atoms with E-state index in [9.17, 15) is 43.2 Å². The molecule has 2 aliphatic heterocycles. The first-order valence-corrected chi connectivity index (χ1v) is 18.5. The summed E-state index contributed by atoms with van der Waals surface area (Å²) in [6, 6.07) is 20.0. The molecule has 6 rings (SSSR count). The maximum absolute atomic E-state index is 12.8. The normalized spacial score (nSPS) is 19.7. The summed E-state index contributed by atoms with van der Waals surface area (Å²) in [6.07, 6.45) is 0. The van der Waals surface area contributed by atoms with Gasteiger partial charge in [-0.15, -0.1) is 0 Å². The van der Waals surface area contributed by atoms with Crippen LogP contribution in [0.25, 0.3) is 0 Å². The third-order valence-corrected chi connectivity index (χ3v) is 10.9. The van der Waals surface area contributed by atoms with Crippen LogP contribution in [-0.4, -0.2) is 39.1 Å². The zero-order valence-electron chi connectivity index (χ0n) is 28.1. The van der Waals surface area contributed by atoms with Gasteiger partial charge in [-0.3, -0.25) is 0 Å². The zero-order valence-corrected chi connectivity index (χ0v) is 29.7. The van der Waals surface area contributed by atoms with Gasteiger partial charge in [-0.25, -0.2) is 5.53 Å². The van der Waals surface area contributed by atoms with Gasteiger partial charge in [0.1, 0.15) is 40.2 Å². The highest BCUT2D eigenvalue weighted by Crippen LogP contribution is 2.52. The van der Waals surface area contributed by atoms with E-state index in [2.05, 4.69) is 13.5 Å². The Balaban J connectivity index is 1.31. The number of nitrogens with one attached hydrogen (secondary N) is 1. The average Bonchev–Trinajstić information content (AvgIpc) is 3.47. The van der Waals surface area contributed by atoms with E-state index in [-0.39, 0.29) is 0 Å². The van der Waals surface area contributed by atoms with E-state index in [1.165, 1.54) is 24.3 Å². The van der Waals surface area contributed by atoms with Gasteiger partial charge in [-0.05, 0) is 98.5 Å². The molecule has 0 aromatic heterocycles. The van der Waals surface area contributed by atoms with E-state index >= 15 is 0 Å². The molecule has 0 saturated heterocycles. The van der Waals surface area contributed by atoms with Crippen molar-refractivity contribution >= 4 is 20.2 Å². The first-order chi connectivity index (χ1) is 24.4. The van der Waals surface area contributed by atoms with Crippen LogP contribution in [-0.2, 0) is 20.2 Å². The van der Waals surface area contributed by atoms with Gasteiger partial charge in [0.05, 0.1) is 11.8 Å². The molecule has 18 heteroatoms. The number of hydrogen-bond donors (Lipinski definition) is 1. The topological polar surface area (TPSA) is 141 Å². The number of benzene rings is 4. The van der Waals surface area contributed by atoms with Gasteiger partial charge in [0.15, 0.2) is 0 Å². The predicted octanol–water partition coefficient (Wildman–Crippen LogP) is 8.87. The van der Waals surface area contributed by atoms with Crippen molar-refractivity contribution in [2.75, 3.05) is 0 Å². The molecule has 4 aromatic rings. The molecule has 0 bridgehead atoms. The number of nitrogens with zero attached hydrogens (tertiary/aromatic N) is 1. The molecule has 10 nitrogen and oxygen atoms in total. The molecule has 282 valence electrons. The molecule has 0 amide bonds. The second-order valence-corrected chi connectivity index (χ2v) is 16.6. The number of rotatable bonds is 9. The first kappa shape index (κ1) is 37.9. The van der Waals surface area contributed by atoms with E-state index < -0.39 is 71.8 Å². The molecule has 0 fully saturated rings. The number of fused-ring (bicyclic) bond motifs is 2. The maximum atomic E-state index is 12.8. The Morgan fingerprint density at radius 3 is 1.26 bits per heavy atom. The van der Waals surface area contributed by atoms with E-state index in [0.717, 1.165) is 24.3 Å². The summed E-state index contributed by atoms with van der Waals surface area (Å²) in [6.45, 7) is 7.27. The SMILES string of the molecule is CC1(C)Oc2ccc(C(N=N)c3ccc4c(c3)C(c3ccc(OS(=O)(=O)C(F)(F)F)cc3)C(C)(C)O4)cc2C1c1ccc(OS(=O)(=O)C(F)(F)F)cc1. The molecule has 0 saturated carbocycles. The first-order valence-electron chi connectivity index (χ1n) is 15.7. The molecule has 2 aliphatic rings. The molecular weight excluding hydrogens is 755 g/mol. The Kier molecular flexibility index (Phi) is 9.04. The monoisotopic (exact) mass is 784 g/mol. The Morgan fingerprint density at radius 1 is 0.623 bits per heavy atom. The van der Waals surface area contributed by atoms with Gasteiger partial charge in [0.25, 0.3) is 0 Å². The van der Waals surface area contributed by atoms with Crippen molar-refractivity contribution in [3.63, 3.8) is 0 Å². The summed E-state index contributed by atoms with van der Waals surface area (Å²) in [5, 5.41) is 3.92. The minimum absolute atomic E-state index is 0.478. The predicted molar refractivity (Wildman–Crippen MR) is 177 cm³/mol. The molecular formula is C35H30F6N2O8S2. The third-order valence-electron chi connectivity index (χ3n) is 8.99. The largest absolute Gasteiger partial charge is 0.534 e. The highest BCUT2D eigenvalue weighted by Gasteiger charge is 2.50. The molecule has 0 spiro atoms. The van der Waals surface area contributed by atoms with E-state index in [1.54, 1.807) is 24.3 Å². The lowest BCUT2D eigenvalue weighted by Gasteiger charge is -2.27. The van der Waals surface area contributed by atoms with Crippen molar-refractivity contribution < 1.29 is 61.0 Å². The molecule has 4 aromatic carbocycles. The van der Waals surface area contributed by atoms with Crippen LogP contribution in [0, 0.1) is 5.53 Å². The van der Waals surface area contributed by atoms with E-state index in [0.29, 0.717) is 44.9 Å². The Bertz CT molecular complexity index is 2130. The van der Waals surface area contributed by atoms with Crippen molar-refractivity contribution in [3.8, 4) is 23.0 Å². The fourth-order valence-electron chi connectivity index (χ4n) is 6.83. The number of halogens is 6. The molecule has 1 N–H and O–H groups in total. The number of ether oxygens (including phenoxy) is 2. The van der Waals surface area contributed by atoms with Crippen molar-refractivity contribution in [1.29, 1.82) is 5.53 Å². The molecule has 2 unspecified atom stereocenters. The van der Waals surface area contributed by atoms with Gasteiger partial charge in [0.2, 0.25) is 0 Å². The quantitative estimate of drug-likeness (QED) is 0.0768. The highest BCUT2D eigenvalue weighted by molar-refractivity contribution is 7.88. The number of hydrogen-bond acceptors (Lipinski definition) is 10. The van der Waals surface area contributed by atoms with Crippen molar-refractivity contribution in [2.24, 2.45) is 5.11 Å². The Hall–Kier alpha value is -4.84. The summed E-state index contributed by atoms with van der Waals surface area (Å²) in [4.78, 5) is 0. The van der Waals surface area contributed by atoms with Gasteiger partial charge in [0, 0.05) is 11.1 Å². The fourth-order valence-corrected chi connectivity index (χ4v) is 7.75. The lowest BCUT2D eigenvalue weighted by atomic mass is 9.79. The van der Waals surface area contributed by atoms with Crippen molar-refractivity contribution in [1.82, 2.24) is 0 Å². The smallest absolute Gasteiger partial charge is 0.487 e. The van der Waals surface area contributed by atoms with Crippen LogP contribution in [0.15, 0.2) is 90.0 Å². The van der Waals surface area contributed by atoms with Crippen LogP contribution in [0.1, 0.15) is 79.0 Å². The lowest BCUT2D eigenvalue weighted by molar-refractivity contribution is -0.0504. The van der Waals surface area contributed by atoms with Gasteiger partial charge < -0.3 is 17.8 Å². The fraction of sp³-hybridized carbons (Fsp3) is 0.314. The second kappa shape index (κ2) is 12.6. The van der Waals surface area contributed by atoms with Crippen molar-refractivity contribution in [2.45, 2.75) is 67.8 Å². The van der Waals surface area contributed by atoms with Crippen molar-refractivity contribution in [3.05, 3.63) is 118 Å². The van der Waals surface area contributed by atoms with Gasteiger partial charge in [-0.1, -0.05) is 36.4 Å². The van der Waals surface area contributed by atoms with Crippen LogP contribution in [0.5, 0.6) is 23.0 Å². The maximum Gasteiger partial charge on any atom is 0.534 e. The summed E-state index contributed by atoms with van der Waals surface area (Å²) in [7, 11) is -11.7. The summed E-state index contributed by atoms with van der Waals surface area (Å²) in [5.74, 6) is -0.960. The second-order valence-electron chi connectivity index (χ2n) is 13.5. The highest BCUT2D eigenvalue weighted by atomic mass is 32.2. The molecule has 0 radical (unpaired) electrons. The van der Waals surface area contributed by atoms with Crippen LogP contribution in [0.2, 0.25) is 0 Å². The van der Waals surface area contributed by atoms with E-state index in [1.807, 2.05) is 39.8 Å². The average molecular weight is 785 g/mol. The van der Waals surface area contributed by atoms with Gasteiger partial charge >= 0.3 is 31.3 Å². The third kappa shape index (κ3) is 7.01. The van der Waals surface area contributed by atoms with Crippen LogP contribution in [0.3, 0.4) is 0 Å². The Morgan fingerprint density at radius 2 is 0.962 bits per heavy atom. The van der Waals surface area contributed by atoms with Gasteiger partial charge in [-0.2, -0.15) is 48.3 Å². The van der Waals surface area contributed by atoms with Crippen LogP contribution in [0.4, 0.5) is 26.3 Å².